The molecule has 170 valence electrons. The molecule has 0 aliphatic rings. The van der Waals surface area contributed by atoms with Crippen molar-refractivity contribution in [2.75, 3.05) is 12.0 Å². The third-order valence-electron chi connectivity index (χ3n) is 4.64. The minimum Gasteiger partial charge on any atom is -0.382 e. The minimum atomic E-state index is -4.91. The first-order valence-electron chi connectivity index (χ1n) is 9.30. The average molecular weight is 477 g/mol. The summed E-state index contributed by atoms with van der Waals surface area (Å²) in [6.45, 7) is 0. The number of aromatic nitrogens is 4. The van der Waals surface area contributed by atoms with Crippen LogP contribution >= 0.6 is 0 Å². The summed E-state index contributed by atoms with van der Waals surface area (Å²) >= 11 is 0. The van der Waals surface area contributed by atoms with E-state index in [1.54, 1.807) is 0 Å². The first-order chi connectivity index (χ1) is 15.4. The van der Waals surface area contributed by atoms with Gasteiger partial charge in [-0.05, 0) is 42.0 Å². The van der Waals surface area contributed by atoms with Crippen molar-refractivity contribution < 1.29 is 26.0 Å². The summed E-state index contributed by atoms with van der Waals surface area (Å²) in [6, 6.07) is 11.6. The highest BCUT2D eigenvalue weighted by molar-refractivity contribution is 7.90. The van der Waals surface area contributed by atoms with E-state index in [0.717, 1.165) is 23.1 Å². The molecule has 0 aliphatic heterocycles. The lowest BCUT2D eigenvalue weighted by atomic mass is 9.99. The van der Waals surface area contributed by atoms with Gasteiger partial charge in [0.25, 0.3) is 0 Å². The Morgan fingerprint density at radius 3 is 2.24 bits per heavy atom. The average Bonchev–Trinajstić information content (AvgIpc) is 3.18. The molecule has 0 unspecified atom stereocenters. The number of nitrogen functional groups attached to an aromatic ring is 1. The highest BCUT2D eigenvalue weighted by Gasteiger charge is 2.37. The van der Waals surface area contributed by atoms with Gasteiger partial charge in [-0.1, -0.05) is 12.1 Å². The van der Waals surface area contributed by atoms with Crippen molar-refractivity contribution >= 4 is 15.7 Å². The van der Waals surface area contributed by atoms with Gasteiger partial charge in [0.15, 0.2) is 15.7 Å². The van der Waals surface area contributed by atoms with E-state index in [4.69, 9.17) is 5.73 Å². The molecule has 0 saturated carbocycles. The molecule has 0 fully saturated rings. The predicted octanol–water partition coefficient (Wildman–Crippen LogP) is 4.14. The van der Waals surface area contributed by atoms with Crippen LogP contribution in [0.5, 0.6) is 0 Å². The SMILES string of the molecule is CS(=O)(=O)c1cccc(-c2c(-c3ccc(F)cc3)nc(C(F)(F)F)nc2-n2ccc(N)n2)c1. The van der Waals surface area contributed by atoms with E-state index in [-0.39, 0.29) is 38.9 Å². The molecule has 0 atom stereocenters. The molecule has 12 heteroatoms. The van der Waals surface area contributed by atoms with Crippen LogP contribution in [-0.2, 0) is 16.0 Å². The highest BCUT2D eigenvalue weighted by Crippen LogP contribution is 2.38. The van der Waals surface area contributed by atoms with Crippen molar-refractivity contribution in [3.8, 4) is 28.2 Å². The van der Waals surface area contributed by atoms with Crippen LogP contribution in [-0.4, -0.2) is 34.4 Å². The molecule has 33 heavy (non-hydrogen) atoms. The summed E-state index contributed by atoms with van der Waals surface area (Å²) in [7, 11) is -3.63. The zero-order valence-electron chi connectivity index (χ0n) is 16.9. The van der Waals surface area contributed by atoms with Gasteiger partial charge >= 0.3 is 6.18 Å². The van der Waals surface area contributed by atoms with Crippen LogP contribution in [0.25, 0.3) is 28.2 Å². The molecule has 0 saturated heterocycles. The summed E-state index contributed by atoms with van der Waals surface area (Å²) in [4.78, 5) is 7.35. The molecule has 0 amide bonds. The summed E-state index contributed by atoms with van der Waals surface area (Å²) in [5.41, 5.74) is 5.90. The number of hydrogen-bond donors (Lipinski definition) is 1. The molecular weight excluding hydrogens is 462 g/mol. The number of hydrogen-bond acceptors (Lipinski definition) is 6. The number of alkyl halides is 3. The van der Waals surface area contributed by atoms with Gasteiger partial charge in [0.1, 0.15) is 11.6 Å². The Balaban J connectivity index is 2.13. The maximum atomic E-state index is 13.7. The van der Waals surface area contributed by atoms with Crippen molar-refractivity contribution in [2.45, 2.75) is 11.1 Å². The summed E-state index contributed by atoms with van der Waals surface area (Å²) < 4.78 is 79.8. The lowest BCUT2D eigenvalue weighted by Crippen LogP contribution is -2.16. The Hall–Kier alpha value is -3.80. The minimum absolute atomic E-state index is 0.0290. The van der Waals surface area contributed by atoms with E-state index in [1.165, 1.54) is 48.7 Å². The molecule has 4 rings (SSSR count). The van der Waals surface area contributed by atoms with Gasteiger partial charge in [0.05, 0.1) is 16.2 Å². The zero-order valence-corrected chi connectivity index (χ0v) is 17.7. The second kappa shape index (κ2) is 7.96. The van der Waals surface area contributed by atoms with Crippen LogP contribution in [0.3, 0.4) is 0 Å². The number of halogens is 4. The predicted molar refractivity (Wildman–Crippen MR) is 113 cm³/mol. The Kier molecular flexibility index (Phi) is 5.40. The topological polar surface area (TPSA) is 104 Å². The summed E-state index contributed by atoms with van der Waals surface area (Å²) in [5.74, 6) is -2.29. The van der Waals surface area contributed by atoms with E-state index < -0.39 is 27.7 Å². The van der Waals surface area contributed by atoms with Gasteiger partial charge in [0, 0.05) is 24.1 Å². The van der Waals surface area contributed by atoms with Crippen LogP contribution < -0.4 is 5.73 Å². The maximum absolute atomic E-state index is 13.7. The van der Waals surface area contributed by atoms with E-state index in [0.29, 0.717) is 0 Å². The molecule has 2 heterocycles. The Morgan fingerprint density at radius 1 is 0.970 bits per heavy atom. The molecule has 2 aromatic carbocycles. The molecule has 0 radical (unpaired) electrons. The van der Waals surface area contributed by atoms with Crippen LogP contribution in [0.15, 0.2) is 65.7 Å². The molecule has 4 aromatic rings. The fourth-order valence-electron chi connectivity index (χ4n) is 3.16. The lowest BCUT2D eigenvalue weighted by molar-refractivity contribution is -0.144. The first kappa shape index (κ1) is 22.4. The van der Waals surface area contributed by atoms with Crippen molar-refractivity contribution in [3.05, 3.63) is 72.4 Å². The monoisotopic (exact) mass is 477 g/mol. The Bertz CT molecular complexity index is 1450. The standard InChI is InChI=1S/C21H15F4N5O2S/c1-33(31,32)15-4-2-3-13(11-15)17-18(12-5-7-14(22)8-6-12)27-20(21(23,24)25)28-19(17)30-10-9-16(26)29-30/h2-11H,1H3,(H2,26,29). The summed E-state index contributed by atoms with van der Waals surface area (Å²) in [6.07, 6.45) is -2.59. The van der Waals surface area contributed by atoms with Gasteiger partial charge in [-0.3, -0.25) is 0 Å². The van der Waals surface area contributed by atoms with Crippen molar-refractivity contribution in [1.82, 2.24) is 19.7 Å². The van der Waals surface area contributed by atoms with E-state index in [9.17, 15) is 26.0 Å². The smallest absolute Gasteiger partial charge is 0.382 e. The van der Waals surface area contributed by atoms with Crippen LogP contribution in [0.2, 0.25) is 0 Å². The van der Waals surface area contributed by atoms with E-state index >= 15 is 0 Å². The van der Waals surface area contributed by atoms with Gasteiger partial charge in [-0.15, -0.1) is 5.10 Å². The number of benzene rings is 2. The quantitative estimate of drug-likeness (QED) is 0.443. The summed E-state index contributed by atoms with van der Waals surface area (Å²) in [5, 5.41) is 3.97. The molecule has 0 bridgehead atoms. The van der Waals surface area contributed by atoms with Crippen LogP contribution in [0.1, 0.15) is 5.82 Å². The number of sulfone groups is 1. The first-order valence-corrected chi connectivity index (χ1v) is 11.2. The van der Waals surface area contributed by atoms with Gasteiger partial charge in [-0.25, -0.2) is 27.5 Å². The Labute approximate surface area is 185 Å². The second-order valence-corrected chi connectivity index (χ2v) is 9.10. The lowest BCUT2D eigenvalue weighted by Gasteiger charge is -2.17. The zero-order chi connectivity index (χ0) is 24.0. The highest BCUT2D eigenvalue weighted by atomic mass is 32.2. The van der Waals surface area contributed by atoms with Crippen LogP contribution in [0.4, 0.5) is 23.4 Å². The molecule has 2 aromatic heterocycles. The molecule has 0 aliphatic carbocycles. The van der Waals surface area contributed by atoms with Crippen molar-refractivity contribution in [3.63, 3.8) is 0 Å². The van der Waals surface area contributed by atoms with E-state index in [2.05, 4.69) is 15.1 Å². The molecular formula is C21H15F4N5O2S. The van der Waals surface area contributed by atoms with Crippen molar-refractivity contribution in [2.24, 2.45) is 0 Å². The fourth-order valence-corrected chi connectivity index (χ4v) is 3.83. The van der Waals surface area contributed by atoms with Gasteiger partial charge in [-0.2, -0.15) is 13.2 Å². The number of anilines is 1. The fraction of sp³-hybridized carbons (Fsp3) is 0.0952. The second-order valence-electron chi connectivity index (χ2n) is 7.08. The van der Waals surface area contributed by atoms with Gasteiger partial charge < -0.3 is 5.73 Å². The Morgan fingerprint density at radius 2 is 1.67 bits per heavy atom. The largest absolute Gasteiger partial charge is 0.451 e. The number of nitrogens with two attached hydrogens (primary N) is 1. The maximum Gasteiger partial charge on any atom is 0.451 e. The molecule has 2 N–H and O–H groups in total. The number of rotatable bonds is 4. The third kappa shape index (κ3) is 4.55. The van der Waals surface area contributed by atoms with Crippen LogP contribution in [0, 0.1) is 5.82 Å². The normalized spacial score (nSPS) is 12.2. The molecule has 0 spiro atoms. The van der Waals surface area contributed by atoms with Crippen molar-refractivity contribution in [1.29, 1.82) is 0 Å². The third-order valence-corrected chi connectivity index (χ3v) is 5.75. The molecule has 7 nitrogen and oxygen atoms in total. The number of nitrogens with zero attached hydrogens (tertiary/aromatic N) is 4. The van der Waals surface area contributed by atoms with E-state index in [1.807, 2.05) is 0 Å². The van der Waals surface area contributed by atoms with Gasteiger partial charge in [0.2, 0.25) is 5.82 Å².